The number of carbonyl (C=O) groups excluding carboxylic acids is 6. The average molecular weight is 940 g/mol. The molecule has 0 radical (unpaired) electrons. The lowest BCUT2D eigenvalue weighted by Crippen LogP contribution is -2.48. The van der Waals surface area contributed by atoms with Crippen LogP contribution < -0.4 is 27.0 Å². The maximum atomic E-state index is 13.0. The summed E-state index contributed by atoms with van der Waals surface area (Å²) in [6.45, 7) is 16.7. The highest BCUT2D eigenvalue weighted by Crippen LogP contribution is 2.17. The van der Waals surface area contributed by atoms with Crippen LogP contribution in [0.15, 0.2) is 0 Å². The van der Waals surface area contributed by atoms with Crippen molar-refractivity contribution in [3.05, 3.63) is 0 Å². The van der Waals surface area contributed by atoms with E-state index in [0.29, 0.717) is 45.1 Å². The van der Waals surface area contributed by atoms with Gasteiger partial charge in [-0.05, 0) is 120 Å². The first kappa shape index (κ1) is 62.1. The quantitative estimate of drug-likeness (QED) is 0.0195. The molecule has 0 aromatic carbocycles. The number of carboxylic acid groups (broad SMARTS) is 1. The summed E-state index contributed by atoms with van der Waals surface area (Å²) in [4.78, 5) is 86.9. The number of nitrogens with two attached hydrogens (primary N) is 1. The monoisotopic (exact) mass is 940 g/mol. The fraction of sp³-hybridized carbons (Fsp3) is 0.860. The van der Waals surface area contributed by atoms with Crippen LogP contribution in [0.2, 0.25) is 0 Å². The van der Waals surface area contributed by atoms with Gasteiger partial charge in [0.05, 0.1) is 0 Å². The zero-order valence-corrected chi connectivity index (χ0v) is 42.6. The van der Waals surface area contributed by atoms with Crippen LogP contribution in [0.3, 0.4) is 0 Å². The molecule has 0 rings (SSSR count). The minimum Gasteiger partial charge on any atom is -0.480 e. The zero-order chi connectivity index (χ0) is 50.0. The van der Waals surface area contributed by atoms with Gasteiger partial charge in [-0.2, -0.15) is 0 Å². The van der Waals surface area contributed by atoms with Crippen molar-refractivity contribution >= 4 is 41.7 Å². The maximum absolute atomic E-state index is 13.0. The third kappa shape index (κ3) is 39.2. The Kier molecular flexibility index (Phi) is 33.1. The van der Waals surface area contributed by atoms with Crippen LogP contribution >= 0.6 is 0 Å². The first-order valence-corrected chi connectivity index (χ1v) is 25.1. The van der Waals surface area contributed by atoms with Gasteiger partial charge in [0.1, 0.15) is 34.9 Å². The topological polar surface area (TPSA) is 242 Å². The number of aliphatic carboxylic acids is 1. The number of hydrogen-bond donors (Lipinski definition) is 6. The Balaban J connectivity index is 4.47. The second kappa shape index (κ2) is 35.2. The van der Waals surface area contributed by atoms with Gasteiger partial charge in [-0.1, -0.05) is 89.9 Å². The molecule has 16 heteroatoms. The number of carbonyl (C=O) groups is 7. The largest absolute Gasteiger partial charge is 0.480 e. The third-order valence-corrected chi connectivity index (χ3v) is 10.4. The Morgan fingerprint density at radius 2 is 0.894 bits per heavy atom. The molecule has 0 aliphatic rings. The fourth-order valence-corrected chi connectivity index (χ4v) is 7.04. The highest BCUT2D eigenvalue weighted by Gasteiger charge is 2.28. The second-order valence-corrected chi connectivity index (χ2v) is 20.7. The van der Waals surface area contributed by atoms with E-state index in [9.17, 15) is 33.6 Å². The molecule has 0 bridgehead atoms. The number of alkyl carbamates (subject to hydrolysis) is 1. The molecule has 66 heavy (non-hydrogen) atoms. The SMILES string of the molecule is CC(C)(C)OC(=O)CCCCCCCCCCCCCCCCCCC(=O)N[C@@H](CCC(=O)NCCCC[C@H](NC(=O)OC(C)(C)C)C(=O)NCCCC[C@H](N)C(=O)O)C(=O)OC(C)(C)C. The van der Waals surface area contributed by atoms with Crippen molar-refractivity contribution in [1.29, 1.82) is 0 Å². The Labute approximate surface area is 397 Å². The van der Waals surface area contributed by atoms with Gasteiger partial charge in [0.25, 0.3) is 0 Å². The number of unbranched alkanes of at least 4 members (excludes halogenated alkanes) is 17. The van der Waals surface area contributed by atoms with Crippen molar-refractivity contribution in [3.63, 3.8) is 0 Å². The Morgan fingerprint density at radius 3 is 1.36 bits per heavy atom. The average Bonchev–Trinajstić information content (AvgIpc) is 3.18. The number of rotatable bonds is 37. The Morgan fingerprint density at radius 1 is 0.455 bits per heavy atom. The molecule has 0 saturated carbocycles. The molecule has 0 aliphatic carbocycles. The van der Waals surface area contributed by atoms with Crippen LogP contribution in [0, 0.1) is 0 Å². The predicted molar refractivity (Wildman–Crippen MR) is 258 cm³/mol. The lowest BCUT2D eigenvalue weighted by atomic mass is 10.0. The Bertz CT molecular complexity index is 1400. The normalized spacial score (nSPS) is 13.2. The minimum atomic E-state index is -1.08. The van der Waals surface area contributed by atoms with E-state index in [0.717, 1.165) is 38.5 Å². The van der Waals surface area contributed by atoms with E-state index in [4.69, 9.17) is 25.1 Å². The van der Waals surface area contributed by atoms with Crippen molar-refractivity contribution < 1.29 is 52.9 Å². The summed E-state index contributed by atoms with van der Waals surface area (Å²) in [5.74, 6) is -2.70. The molecule has 7 N–H and O–H groups in total. The van der Waals surface area contributed by atoms with Crippen LogP contribution in [0.4, 0.5) is 4.79 Å². The molecule has 384 valence electrons. The summed E-state index contributed by atoms with van der Waals surface area (Å²) >= 11 is 0. The standard InChI is InChI=1S/C50H93N5O11/c1-48(2,3)64-43(58)33-25-23-21-19-17-15-13-11-10-12-14-16-18-20-22-24-32-42(57)54-40(46(62)65-49(4,5)6)34-35-41(56)52-36-29-27-31-39(55-47(63)66-50(7,8)9)44(59)53-37-28-26-30-38(51)45(60)61/h38-40H,10-37,51H2,1-9H3,(H,52,56)(H,53,59)(H,54,57)(H,55,63)(H,60,61)/t38-,39-,40-/m0/s1. The van der Waals surface area contributed by atoms with E-state index >= 15 is 0 Å². The molecule has 0 unspecified atom stereocenters. The molecule has 4 amide bonds. The first-order valence-electron chi connectivity index (χ1n) is 25.1. The van der Waals surface area contributed by atoms with Crippen LogP contribution in [0.1, 0.15) is 229 Å². The molecule has 0 fully saturated rings. The van der Waals surface area contributed by atoms with Crippen molar-refractivity contribution in [3.8, 4) is 0 Å². The Hall–Kier alpha value is -3.95. The van der Waals surface area contributed by atoms with Gasteiger partial charge in [-0.25, -0.2) is 9.59 Å². The van der Waals surface area contributed by atoms with Gasteiger partial charge in [0.2, 0.25) is 17.7 Å². The molecule has 0 saturated heterocycles. The molecule has 0 aromatic rings. The predicted octanol–water partition coefficient (Wildman–Crippen LogP) is 8.83. The number of carboxylic acids is 1. The summed E-state index contributed by atoms with van der Waals surface area (Å²) in [6, 6.07) is -2.81. The van der Waals surface area contributed by atoms with E-state index in [1.165, 1.54) is 64.2 Å². The van der Waals surface area contributed by atoms with Crippen LogP contribution in [0.5, 0.6) is 0 Å². The molecule has 0 heterocycles. The van der Waals surface area contributed by atoms with E-state index in [1.54, 1.807) is 41.5 Å². The molecular formula is C50H93N5O11. The van der Waals surface area contributed by atoms with Crippen molar-refractivity contribution in [2.75, 3.05) is 13.1 Å². The lowest BCUT2D eigenvalue weighted by molar-refractivity contribution is -0.159. The maximum Gasteiger partial charge on any atom is 0.408 e. The van der Waals surface area contributed by atoms with Crippen LogP contribution in [-0.2, 0) is 43.0 Å². The van der Waals surface area contributed by atoms with Gasteiger partial charge in [-0.3, -0.25) is 24.0 Å². The summed E-state index contributed by atoms with van der Waals surface area (Å²) in [5, 5.41) is 20.0. The number of esters is 2. The van der Waals surface area contributed by atoms with E-state index in [-0.39, 0.29) is 50.0 Å². The molecule has 0 spiro atoms. The minimum absolute atomic E-state index is 0.00724. The highest BCUT2D eigenvalue weighted by atomic mass is 16.6. The van der Waals surface area contributed by atoms with Gasteiger partial charge in [0.15, 0.2) is 0 Å². The fourth-order valence-electron chi connectivity index (χ4n) is 7.04. The highest BCUT2D eigenvalue weighted by molar-refractivity contribution is 5.86. The third-order valence-electron chi connectivity index (χ3n) is 10.4. The summed E-state index contributed by atoms with van der Waals surface area (Å²) < 4.78 is 16.3. The molecule has 16 nitrogen and oxygen atoms in total. The van der Waals surface area contributed by atoms with Crippen LogP contribution in [0.25, 0.3) is 0 Å². The van der Waals surface area contributed by atoms with Gasteiger partial charge >= 0.3 is 24.0 Å². The van der Waals surface area contributed by atoms with Crippen molar-refractivity contribution in [2.24, 2.45) is 5.73 Å². The van der Waals surface area contributed by atoms with Gasteiger partial charge in [0, 0.05) is 32.4 Å². The van der Waals surface area contributed by atoms with Crippen molar-refractivity contribution in [2.45, 2.75) is 264 Å². The number of ether oxygens (including phenoxy) is 3. The number of nitrogens with one attached hydrogen (secondary N) is 4. The number of amides is 4. The smallest absolute Gasteiger partial charge is 0.408 e. The molecule has 0 aliphatic heterocycles. The van der Waals surface area contributed by atoms with Gasteiger partial charge in [-0.15, -0.1) is 0 Å². The van der Waals surface area contributed by atoms with Gasteiger partial charge < -0.3 is 46.3 Å². The molecule has 0 aromatic heterocycles. The van der Waals surface area contributed by atoms with E-state index < -0.39 is 58.9 Å². The van der Waals surface area contributed by atoms with E-state index in [2.05, 4.69) is 21.3 Å². The number of hydrogen-bond acceptors (Lipinski definition) is 11. The van der Waals surface area contributed by atoms with Crippen LogP contribution in [-0.4, -0.2) is 94.8 Å². The second-order valence-electron chi connectivity index (χ2n) is 20.7. The summed E-state index contributed by atoms with van der Waals surface area (Å²) in [7, 11) is 0. The molecule has 3 atom stereocenters. The van der Waals surface area contributed by atoms with Crippen molar-refractivity contribution in [1.82, 2.24) is 21.3 Å². The summed E-state index contributed by atoms with van der Waals surface area (Å²) in [5.41, 5.74) is 3.61. The lowest BCUT2D eigenvalue weighted by Gasteiger charge is -2.24. The zero-order valence-electron chi connectivity index (χ0n) is 42.6. The molecular weight excluding hydrogens is 847 g/mol. The first-order chi connectivity index (χ1) is 30.9. The van der Waals surface area contributed by atoms with E-state index in [1.807, 2.05) is 20.8 Å². The summed E-state index contributed by atoms with van der Waals surface area (Å²) in [6.07, 6.45) is 21.0.